The summed E-state index contributed by atoms with van der Waals surface area (Å²) < 4.78 is 4.96. The third-order valence-corrected chi connectivity index (χ3v) is 3.06. The number of piperazine rings is 1. The van der Waals surface area contributed by atoms with Gasteiger partial charge in [0.2, 0.25) is 5.76 Å². The maximum absolute atomic E-state index is 12.1. The molecule has 1 aromatic heterocycles. The van der Waals surface area contributed by atoms with Gasteiger partial charge in [-0.05, 0) is 6.92 Å². The van der Waals surface area contributed by atoms with Crippen LogP contribution in [0.4, 0.5) is 4.79 Å². The summed E-state index contributed by atoms with van der Waals surface area (Å²) in [6.45, 7) is 3.87. The lowest BCUT2D eigenvalue weighted by molar-refractivity contribution is 0.0611. The molecule has 0 atom stereocenters. The fourth-order valence-electron chi connectivity index (χ4n) is 2.00. The second kappa shape index (κ2) is 5.29. The van der Waals surface area contributed by atoms with E-state index in [9.17, 15) is 9.59 Å². The summed E-state index contributed by atoms with van der Waals surface area (Å²) in [4.78, 5) is 28.8. The van der Waals surface area contributed by atoms with Gasteiger partial charge in [0.25, 0.3) is 5.91 Å². The Morgan fingerprint density at radius 3 is 2.26 bits per heavy atom. The molecule has 1 saturated heterocycles. The fraction of sp³-hybridized carbons (Fsp3) is 0.583. The molecule has 1 aromatic rings. The van der Waals surface area contributed by atoms with Crippen LogP contribution in [0, 0.1) is 6.92 Å². The second-order valence-electron chi connectivity index (χ2n) is 4.79. The van der Waals surface area contributed by atoms with E-state index < -0.39 is 0 Å². The van der Waals surface area contributed by atoms with Gasteiger partial charge in [-0.2, -0.15) is 0 Å². The molecular weight excluding hydrogens is 248 g/mol. The van der Waals surface area contributed by atoms with E-state index in [0.717, 1.165) is 0 Å². The lowest BCUT2D eigenvalue weighted by Gasteiger charge is -2.35. The minimum Gasteiger partial charge on any atom is -0.351 e. The van der Waals surface area contributed by atoms with Gasteiger partial charge in [-0.15, -0.1) is 0 Å². The molecule has 1 fully saturated rings. The average Bonchev–Trinajstić information content (AvgIpc) is 2.84. The normalized spacial score (nSPS) is 15.5. The van der Waals surface area contributed by atoms with Crippen LogP contribution in [-0.2, 0) is 0 Å². The molecule has 19 heavy (non-hydrogen) atoms. The Kier molecular flexibility index (Phi) is 3.73. The topological polar surface area (TPSA) is 69.9 Å². The minimum absolute atomic E-state index is 0.0254. The summed E-state index contributed by atoms with van der Waals surface area (Å²) in [5.41, 5.74) is 0.685. The number of hydrogen-bond donors (Lipinski definition) is 0. The lowest BCUT2D eigenvalue weighted by atomic mass is 10.3. The van der Waals surface area contributed by atoms with Crippen molar-refractivity contribution >= 4 is 11.9 Å². The van der Waals surface area contributed by atoms with Crippen LogP contribution in [0.3, 0.4) is 0 Å². The van der Waals surface area contributed by atoms with Gasteiger partial charge < -0.3 is 19.2 Å². The van der Waals surface area contributed by atoms with Gasteiger partial charge in [0.1, 0.15) is 0 Å². The smallest absolute Gasteiger partial charge is 0.319 e. The zero-order valence-electron chi connectivity index (χ0n) is 11.4. The van der Waals surface area contributed by atoms with Crippen LogP contribution in [0.15, 0.2) is 10.6 Å². The summed E-state index contributed by atoms with van der Waals surface area (Å²) in [5, 5.41) is 3.71. The maximum atomic E-state index is 12.1. The Bertz CT molecular complexity index is 475. The molecule has 0 aliphatic carbocycles. The largest absolute Gasteiger partial charge is 0.351 e. The Hall–Kier alpha value is -2.05. The molecule has 0 spiro atoms. The van der Waals surface area contributed by atoms with Gasteiger partial charge in [-0.3, -0.25) is 4.79 Å². The van der Waals surface area contributed by atoms with Crippen LogP contribution >= 0.6 is 0 Å². The molecule has 0 N–H and O–H groups in total. The van der Waals surface area contributed by atoms with Crippen molar-refractivity contribution in [1.82, 2.24) is 19.9 Å². The van der Waals surface area contributed by atoms with Crippen LogP contribution in [0.1, 0.15) is 16.2 Å². The third-order valence-electron chi connectivity index (χ3n) is 3.06. The van der Waals surface area contributed by atoms with E-state index in [1.54, 1.807) is 36.9 Å². The van der Waals surface area contributed by atoms with E-state index in [1.807, 2.05) is 0 Å². The average molecular weight is 266 g/mol. The van der Waals surface area contributed by atoms with E-state index in [2.05, 4.69) is 5.16 Å². The highest BCUT2D eigenvalue weighted by Crippen LogP contribution is 2.10. The number of rotatable bonds is 1. The van der Waals surface area contributed by atoms with Crippen molar-refractivity contribution in [2.24, 2.45) is 0 Å². The highest BCUT2D eigenvalue weighted by Gasteiger charge is 2.27. The molecule has 3 amide bonds. The predicted octanol–water partition coefficient (Wildman–Crippen LogP) is 0.422. The number of aromatic nitrogens is 1. The van der Waals surface area contributed by atoms with Crippen molar-refractivity contribution in [3.63, 3.8) is 0 Å². The number of nitrogens with zero attached hydrogens (tertiary/aromatic N) is 4. The summed E-state index contributed by atoms with van der Waals surface area (Å²) >= 11 is 0. The predicted molar refractivity (Wildman–Crippen MR) is 67.8 cm³/mol. The Labute approximate surface area is 111 Å². The third kappa shape index (κ3) is 2.86. The number of hydrogen-bond acceptors (Lipinski definition) is 4. The molecule has 1 aliphatic rings. The van der Waals surface area contributed by atoms with Gasteiger partial charge in [-0.25, -0.2) is 4.79 Å². The van der Waals surface area contributed by atoms with E-state index in [4.69, 9.17) is 4.52 Å². The number of aryl methyl sites for hydroxylation is 1. The van der Waals surface area contributed by atoms with Gasteiger partial charge in [0, 0.05) is 46.3 Å². The summed E-state index contributed by atoms with van der Waals surface area (Å²) in [7, 11) is 3.44. The molecular formula is C12H18N4O3. The first-order chi connectivity index (χ1) is 8.99. The van der Waals surface area contributed by atoms with Crippen molar-refractivity contribution in [2.75, 3.05) is 40.3 Å². The molecule has 1 aliphatic heterocycles. The highest BCUT2D eigenvalue weighted by molar-refractivity contribution is 5.91. The standard InChI is InChI=1S/C12H18N4O3/c1-9-8-10(19-13-9)11(17)15-4-6-16(7-5-15)12(18)14(2)3/h8H,4-7H2,1-3H3. The van der Waals surface area contributed by atoms with Gasteiger partial charge >= 0.3 is 6.03 Å². The van der Waals surface area contributed by atoms with Crippen molar-refractivity contribution in [3.05, 3.63) is 17.5 Å². The number of carbonyl (C=O) groups is 2. The molecule has 0 aromatic carbocycles. The Balaban J connectivity index is 1.93. The Morgan fingerprint density at radius 2 is 1.79 bits per heavy atom. The van der Waals surface area contributed by atoms with E-state index in [-0.39, 0.29) is 17.7 Å². The second-order valence-corrected chi connectivity index (χ2v) is 4.79. The van der Waals surface area contributed by atoms with Crippen LogP contribution in [0.25, 0.3) is 0 Å². The maximum Gasteiger partial charge on any atom is 0.319 e. The molecule has 0 unspecified atom stereocenters. The molecule has 2 heterocycles. The molecule has 0 saturated carbocycles. The molecule has 2 rings (SSSR count). The molecule has 7 nitrogen and oxygen atoms in total. The van der Waals surface area contributed by atoms with Crippen LogP contribution in [0.5, 0.6) is 0 Å². The summed E-state index contributed by atoms with van der Waals surface area (Å²) in [6.07, 6.45) is 0. The zero-order chi connectivity index (χ0) is 14.0. The molecule has 0 bridgehead atoms. The van der Waals surface area contributed by atoms with E-state index in [1.165, 1.54) is 4.90 Å². The van der Waals surface area contributed by atoms with Crippen LogP contribution < -0.4 is 0 Å². The number of urea groups is 1. The number of carbonyl (C=O) groups excluding carboxylic acids is 2. The van der Waals surface area contributed by atoms with E-state index in [0.29, 0.717) is 31.9 Å². The minimum atomic E-state index is -0.169. The number of amides is 3. The van der Waals surface area contributed by atoms with Crippen molar-refractivity contribution < 1.29 is 14.1 Å². The molecule has 104 valence electrons. The zero-order valence-corrected chi connectivity index (χ0v) is 11.4. The summed E-state index contributed by atoms with van der Waals surface area (Å²) in [5.74, 6) is 0.0856. The van der Waals surface area contributed by atoms with Crippen molar-refractivity contribution in [2.45, 2.75) is 6.92 Å². The lowest BCUT2D eigenvalue weighted by Crippen LogP contribution is -2.52. The van der Waals surface area contributed by atoms with Gasteiger partial charge in [0.05, 0.1) is 5.69 Å². The quantitative estimate of drug-likeness (QED) is 0.738. The highest BCUT2D eigenvalue weighted by atomic mass is 16.5. The van der Waals surface area contributed by atoms with Gasteiger partial charge in [0.15, 0.2) is 0 Å². The SMILES string of the molecule is Cc1cc(C(=O)N2CCN(C(=O)N(C)C)CC2)on1. The first-order valence-electron chi connectivity index (χ1n) is 6.18. The van der Waals surface area contributed by atoms with E-state index >= 15 is 0 Å². The Morgan fingerprint density at radius 1 is 1.21 bits per heavy atom. The van der Waals surface area contributed by atoms with Gasteiger partial charge in [-0.1, -0.05) is 5.16 Å². The molecule has 7 heteroatoms. The molecule has 0 radical (unpaired) electrons. The summed E-state index contributed by atoms with van der Waals surface area (Å²) in [6, 6.07) is 1.60. The first-order valence-corrected chi connectivity index (χ1v) is 6.18. The van der Waals surface area contributed by atoms with Crippen LogP contribution in [0.2, 0.25) is 0 Å². The van der Waals surface area contributed by atoms with Crippen molar-refractivity contribution in [1.29, 1.82) is 0 Å². The fourth-order valence-corrected chi connectivity index (χ4v) is 2.00. The first kappa shape index (κ1) is 13.4. The van der Waals surface area contributed by atoms with Crippen LogP contribution in [-0.4, -0.2) is 72.1 Å². The monoisotopic (exact) mass is 266 g/mol. The van der Waals surface area contributed by atoms with Crippen molar-refractivity contribution in [3.8, 4) is 0 Å².